The monoisotopic (exact) mass is 411 g/mol. The number of thiazole rings is 1. The van der Waals surface area contributed by atoms with Crippen LogP contribution in [0.5, 0.6) is 0 Å². The minimum absolute atomic E-state index is 0.111. The van der Waals surface area contributed by atoms with Gasteiger partial charge in [0.2, 0.25) is 0 Å². The topological polar surface area (TPSA) is 65.4 Å². The Hall–Kier alpha value is -2.32. The summed E-state index contributed by atoms with van der Waals surface area (Å²) in [5, 5.41) is 10.5. The lowest BCUT2D eigenvalue weighted by molar-refractivity contribution is -0.0494. The van der Waals surface area contributed by atoms with Gasteiger partial charge in [0.05, 0.1) is 23.5 Å². The highest BCUT2D eigenvalue weighted by Gasteiger charge is 2.52. The molecule has 1 atom stereocenters. The normalized spacial score (nSPS) is 23.6. The Bertz CT molecular complexity index is 1060. The number of alkyl halides is 1. The molecule has 29 heavy (non-hydrogen) atoms. The molecule has 0 bridgehead atoms. The average Bonchev–Trinajstić information content (AvgIpc) is 3.29. The van der Waals surface area contributed by atoms with Crippen molar-refractivity contribution in [1.29, 1.82) is 0 Å². The van der Waals surface area contributed by atoms with Gasteiger partial charge in [-0.1, -0.05) is 0 Å². The molecule has 2 aliphatic heterocycles. The number of hydrogen-bond donors (Lipinski definition) is 1. The van der Waals surface area contributed by atoms with Crippen molar-refractivity contribution in [3.63, 3.8) is 0 Å². The van der Waals surface area contributed by atoms with Gasteiger partial charge in [-0.2, -0.15) is 0 Å². The van der Waals surface area contributed by atoms with Crippen LogP contribution in [0.15, 0.2) is 30.6 Å². The molecule has 8 heteroatoms. The highest BCUT2D eigenvalue weighted by atomic mass is 32.1. The molecule has 1 saturated carbocycles. The van der Waals surface area contributed by atoms with E-state index in [9.17, 15) is 9.50 Å². The Kier molecular flexibility index (Phi) is 3.83. The molecule has 1 spiro atoms. The number of fused-ring (bicyclic) bond motifs is 1. The summed E-state index contributed by atoms with van der Waals surface area (Å²) in [6.45, 7) is 3.12. The first-order valence-electron chi connectivity index (χ1n) is 10.1. The molecule has 3 aliphatic rings. The first-order valence-corrected chi connectivity index (χ1v) is 10.9. The van der Waals surface area contributed by atoms with Crippen molar-refractivity contribution in [2.45, 2.75) is 31.5 Å². The zero-order chi connectivity index (χ0) is 19.6. The van der Waals surface area contributed by atoms with Gasteiger partial charge in [-0.3, -0.25) is 0 Å². The van der Waals surface area contributed by atoms with Crippen molar-refractivity contribution < 1.29 is 9.50 Å². The Morgan fingerprint density at radius 1 is 1.10 bits per heavy atom. The maximum Gasteiger partial charge on any atom is 0.130 e. The van der Waals surface area contributed by atoms with Crippen LogP contribution in [0.3, 0.4) is 0 Å². The molecule has 1 N–H and O–H groups in total. The SMILES string of the molecule is OC1CC2(C1)CN(c1cc3sc(-c4ccc(N5CC[C@@H](F)C5)nc4)nc3cn1)C2. The number of halogens is 1. The Morgan fingerprint density at radius 2 is 1.93 bits per heavy atom. The van der Waals surface area contributed by atoms with Crippen molar-refractivity contribution in [1.82, 2.24) is 15.0 Å². The fourth-order valence-electron chi connectivity index (χ4n) is 4.87. The first kappa shape index (κ1) is 17.5. The summed E-state index contributed by atoms with van der Waals surface area (Å²) < 4.78 is 14.5. The lowest BCUT2D eigenvalue weighted by Gasteiger charge is -2.58. The fourth-order valence-corrected chi connectivity index (χ4v) is 5.82. The van der Waals surface area contributed by atoms with E-state index in [-0.39, 0.29) is 6.10 Å². The molecule has 3 fully saturated rings. The molecule has 3 aromatic heterocycles. The van der Waals surface area contributed by atoms with E-state index in [1.807, 2.05) is 29.4 Å². The summed E-state index contributed by atoms with van der Waals surface area (Å²) in [6.07, 6.45) is 5.23. The lowest BCUT2D eigenvalue weighted by atomic mass is 9.62. The van der Waals surface area contributed by atoms with Crippen LogP contribution in [0.4, 0.5) is 16.0 Å². The molecule has 1 aliphatic carbocycles. The van der Waals surface area contributed by atoms with E-state index < -0.39 is 6.17 Å². The number of aliphatic hydroxyl groups is 1. The molecule has 5 heterocycles. The van der Waals surface area contributed by atoms with Crippen LogP contribution in [-0.2, 0) is 0 Å². The number of rotatable bonds is 3. The molecule has 0 aromatic carbocycles. The van der Waals surface area contributed by atoms with Crippen molar-refractivity contribution in [2.24, 2.45) is 5.41 Å². The predicted octanol–water partition coefficient (Wildman–Crippen LogP) is 3.26. The molecule has 6 rings (SSSR count). The minimum Gasteiger partial charge on any atom is -0.393 e. The molecular formula is C21H22FN5OS. The van der Waals surface area contributed by atoms with Gasteiger partial charge in [-0.15, -0.1) is 11.3 Å². The minimum atomic E-state index is -0.752. The van der Waals surface area contributed by atoms with Gasteiger partial charge in [-0.25, -0.2) is 19.3 Å². The molecule has 150 valence electrons. The summed E-state index contributed by atoms with van der Waals surface area (Å²) in [4.78, 5) is 18.1. The largest absolute Gasteiger partial charge is 0.393 e. The van der Waals surface area contributed by atoms with Crippen molar-refractivity contribution in [2.75, 3.05) is 36.0 Å². The van der Waals surface area contributed by atoms with Gasteiger partial charge < -0.3 is 14.9 Å². The van der Waals surface area contributed by atoms with Crippen LogP contribution < -0.4 is 9.80 Å². The molecule has 0 amide bonds. The van der Waals surface area contributed by atoms with Crippen molar-refractivity contribution in [3.8, 4) is 10.6 Å². The molecule has 0 unspecified atom stereocenters. The molecule has 6 nitrogen and oxygen atoms in total. The fraction of sp³-hybridized carbons (Fsp3) is 0.476. The van der Waals surface area contributed by atoms with Gasteiger partial charge in [-0.05, 0) is 31.4 Å². The first-order chi connectivity index (χ1) is 14.1. The number of anilines is 2. The summed E-state index contributed by atoms with van der Waals surface area (Å²) in [5.41, 5.74) is 2.19. The highest BCUT2D eigenvalue weighted by molar-refractivity contribution is 7.21. The number of pyridine rings is 2. The molecule has 0 radical (unpaired) electrons. The zero-order valence-electron chi connectivity index (χ0n) is 16.0. The van der Waals surface area contributed by atoms with Crippen molar-refractivity contribution in [3.05, 3.63) is 30.6 Å². The Morgan fingerprint density at radius 3 is 2.62 bits per heavy atom. The number of nitrogens with zero attached hydrogens (tertiary/aromatic N) is 5. The number of hydrogen-bond acceptors (Lipinski definition) is 7. The molecule has 2 saturated heterocycles. The summed E-state index contributed by atoms with van der Waals surface area (Å²) in [6, 6.07) is 6.09. The van der Waals surface area contributed by atoms with Gasteiger partial charge in [0.15, 0.2) is 0 Å². The quantitative estimate of drug-likeness (QED) is 0.714. The van der Waals surface area contributed by atoms with E-state index in [2.05, 4.69) is 20.9 Å². The van der Waals surface area contributed by atoms with E-state index in [0.717, 1.165) is 64.9 Å². The van der Waals surface area contributed by atoms with Crippen LogP contribution in [-0.4, -0.2) is 58.5 Å². The van der Waals surface area contributed by atoms with Crippen LogP contribution in [0.2, 0.25) is 0 Å². The smallest absolute Gasteiger partial charge is 0.130 e. The van der Waals surface area contributed by atoms with E-state index in [0.29, 0.717) is 18.4 Å². The van der Waals surface area contributed by atoms with Crippen LogP contribution in [0.25, 0.3) is 20.8 Å². The van der Waals surface area contributed by atoms with Crippen LogP contribution >= 0.6 is 11.3 Å². The van der Waals surface area contributed by atoms with Gasteiger partial charge >= 0.3 is 0 Å². The summed E-state index contributed by atoms with van der Waals surface area (Å²) in [7, 11) is 0. The van der Waals surface area contributed by atoms with Gasteiger partial charge in [0, 0.05) is 42.9 Å². The van der Waals surface area contributed by atoms with Crippen LogP contribution in [0.1, 0.15) is 19.3 Å². The van der Waals surface area contributed by atoms with E-state index >= 15 is 0 Å². The second-order valence-electron chi connectivity index (χ2n) is 8.68. The molecular weight excluding hydrogens is 389 g/mol. The second kappa shape index (κ2) is 6.34. The van der Waals surface area contributed by atoms with Crippen molar-refractivity contribution >= 4 is 33.2 Å². The summed E-state index contributed by atoms with van der Waals surface area (Å²) >= 11 is 1.64. The Balaban J connectivity index is 1.21. The number of aliphatic hydroxyl groups excluding tert-OH is 1. The Labute approximate surface area is 172 Å². The standard InChI is InChI=1S/C21H22FN5OS/c22-14-3-4-26(10-14)18-2-1-13(8-23-18)20-25-16-9-24-19(5-17(16)29-20)27-11-21(12-27)6-15(28)7-21/h1-2,5,8-9,14-15,28H,3-4,6-7,10-12H2/t14-/m1/s1. The predicted molar refractivity (Wildman–Crippen MR) is 112 cm³/mol. The van der Waals surface area contributed by atoms with E-state index in [4.69, 9.17) is 4.98 Å². The maximum atomic E-state index is 13.4. The zero-order valence-corrected chi connectivity index (χ0v) is 16.8. The lowest BCUT2D eigenvalue weighted by Crippen LogP contribution is -2.64. The molecule has 3 aromatic rings. The maximum absolute atomic E-state index is 13.4. The van der Waals surface area contributed by atoms with Gasteiger partial charge in [0.1, 0.15) is 28.3 Å². The van der Waals surface area contributed by atoms with E-state index in [1.165, 1.54) is 0 Å². The summed E-state index contributed by atoms with van der Waals surface area (Å²) in [5.74, 6) is 1.81. The van der Waals surface area contributed by atoms with Gasteiger partial charge in [0.25, 0.3) is 0 Å². The van der Waals surface area contributed by atoms with E-state index in [1.54, 1.807) is 11.3 Å². The highest BCUT2D eigenvalue weighted by Crippen LogP contribution is 2.49. The third-order valence-electron chi connectivity index (χ3n) is 6.42. The number of aromatic nitrogens is 3. The second-order valence-corrected chi connectivity index (χ2v) is 9.72. The van der Waals surface area contributed by atoms with Crippen LogP contribution in [0, 0.1) is 5.41 Å². The average molecular weight is 412 g/mol. The third-order valence-corrected chi connectivity index (χ3v) is 7.49. The third kappa shape index (κ3) is 2.97.